The van der Waals surface area contributed by atoms with Crippen LogP contribution in [-0.2, 0) is 6.42 Å². The molecule has 0 bridgehead atoms. The van der Waals surface area contributed by atoms with E-state index in [-0.39, 0.29) is 11.5 Å². The Hall–Kier alpha value is -1.68. The number of halogens is 1. The third-order valence-corrected chi connectivity index (χ3v) is 5.05. The fraction of sp³-hybridized carbons (Fsp3) is 0.421. The number of carbonyl (C=O) groups is 1. The summed E-state index contributed by atoms with van der Waals surface area (Å²) < 4.78 is 14.5. The lowest BCUT2D eigenvalue weighted by atomic mass is 10.1. The molecule has 0 radical (unpaired) electrons. The Morgan fingerprint density at radius 3 is 2.30 bits per heavy atom. The monoisotopic (exact) mass is 333 g/mol. The van der Waals surface area contributed by atoms with Gasteiger partial charge in [-0.2, -0.15) is 0 Å². The predicted octanol–water partition coefficient (Wildman–Crippen LogP) is 5.38. The van der Waals surface area contributed by atoms with Gasteiger partial charge in [0.2, 0.25) is 0 Å². The second kappa shape index (κ2) is 8.25. The van der Waals surface area contributed by atoms with Crippen molar-refractivity contribution in [2.75, 3.05) is 13.1 Å². The molecule has 1 aromatic carbocycles. The minimum atomic E-state index is -0.434. The summed E-state index contributed by atoms with van der Waals surface area (Å²) in [4.78, 5) is 16.6. The zero-order valence-corrected chi connectivity index (χ0v) is 14.9. The Kier molecular flexibility index (Phi) is 6.34. The zero-order valence-electron chi connectivity index (χ0n) is 14.1. The second-order valence-corrected chi connectivity index (χ2v) is 6.77. The maximum Gasteiger partial charge on any atom is 0.256 e. The molecule has 124 valence electrons. The highest BCUT2D eigenvalue weighted by molar-refractivity contribution is 7.15. The molecule has 0 unspecified atom stereocenters. The summed E-state index contributed by atoms with van der Waals surface area (Å²) in [6.07, 6.45) is 2.73. The van der Waals surface area contributed by atoms with Crippen LogP contribution < -0.4 is 0 Å². The van der Waals surface area contributed by atoms with Crippen molar-refractivity contribution in [3.8, 4) is 10.4 Å². The largest absolute Gasteiger partial charge is 0.339 e. The number of hydrogen-bond acceptors (Lipinski definition) is 2. The molecule has 0 N–H and O–H groups in total. The molecule has 23 heavy (non-hydrogen) atoms. The predicted molar refractivity (Wildman–Crippen MR) is 95.6 cm³/mol. The van der Waals surface area contributed by atoms with E-state index >= 15 is 0 Å². The molecule has 0 atom stereocenters. The van der Waals surface area contributed by atoms with E-state index in [1.54, 1.807) is 22.3 Å². The maximum absolute atomic E-state index is 14.5. The van der Waals surface area contributed by atoms with Crippen LogP contribution in [0.5, 0.6) is 0 Å². The van der Waals surface area contributed by atoms with Crippen molar-refractivity contribution in [2.24, 2.45) is 0 Å². The first-order valence-corrected chi connectivity index (χ1v) is 9.10. The first-order chi connectivity index (χ1) is 11.1. The third kappa shape index (κ3) is 4.20. The van der Waals surface area contributed by atoms with Gasteiger partial charge in [-0.05, 0) is 49.1 Å². The highest BCUT2D eigenvalue weighted by Crippen LogP contribution is 2.29. The summed E-state index contributed by atoms with van der Waals surface area (Å²) >= 11 is 1.67. The van der Waals surface area contributed by atoms with Crippen molar-refractivity contribution < 1.29 is 9.18 Å². The summed E-state index contributed by atoms with van der Waals surface area (Å²) in [5.74, 6) is -0.644. The van der Waals surface area contributed by atoms with Gasteiger partial charge in [-0.1, -0.05) is 26.8 Å². The van der Waals surface area contributed by atoms with Crippen LogP contribution in [0.3, 0.4) is 0 Å². The van der Waals surface area contributed by atoms with Gasteiger partial charge in [-0.25, -0.2) is 4.39 Å². The van der Waals surface area contributed by atoms with Crippen LogP contribution in [0, 0.1) is 5.82 Å². The highest BCUT2D eigenvalue weighted by Gasteiger charge is 2.18. The highest BCUT2D eigenvalue weighted by atomic mass is 32.1. The van der Waals surface area contributed by atoms with Crippen LogP contribution in [0.1, 0.15) is 48.8 Å². The number of amides is 1. The normalized spacial score (nSPS) is 10.8. The van der Waals surface area contributed by atoms with E-state index < -0.39 is 5.82 Å². The van der Waals surface area contributed by atoms with Crippen LogP contribution in [0.2, 0.25) is 0 Å². The Morgan fingerprint density at radius 2 is 1.78 bits per heavy atom. The van der Waals surface area contributed by atoms with Gasteiger partial charge in [0, 0.05) is 22.8 Å². The number of nitrogens with zero attached hydrogens (tertiary/aromatic N) is 1. The topological polar surface area (TPSA) is 20.3 Å². The first kappa shape index (κ1) is 17.7. The number of carbonyl (C=O) groups excluding carboxylic acids is 1. The molecular formula is C19H24FNOS. The molecular weight excluding hydrogens is 309 g/mol. The van der Waals surface area contributed by atoms with Crippen LogP contribution in [0.15, 0.2) is 30.3 Å². The van der Waals surface area contributed by atoms with Gasteiger partial charge in [0.1, 0.15) is 5.82 Å². The molecule has 0 saturated heterocycles. The van der Waals surface area contributed by atoms with Crippen molar-refractivity contribution >= 4 is 17.2 Å². The van der Waals surface area contributed by atoms with Gasteiger partial charge in [0.05, 0.1) is 5.56 Å². The molecule has 0 aliphatic rings. The van der Waals surface area contributed by atoms with E-state index in [1.165, 1.54) is 10.9 Å². The van der Waals surface area contributed by atoms with Crippen LogP contribution >= 0.6 is 11.3 Å². The van der Waals surface area contributed by atoms with Crippen LogP contribution in [0.4, 0.5) is 4.39 Å². The fourth-order valence-electron chi connectivity index (χ4n) is 2.59. The summed E-state index contributed by atoms with van der Waals surface area (Å²) in [6, 6.07) is 9.03. The number of hydrogen-bond donors (Lipinski definition) is 0. The minimum absolute atomic E-state index is 0.169. The van der Waals surface area contributed by atoms with Gasteiger partial charge in [-0.15, -0.1) is 11.3 Å². The number of benzene rings is 1. The molecule has 2 rings (SSSR count). The van der Waals surface area contributed by atoms with E-state index in [4.69, 9.17) is 0 Å². The Labute approximate surface area is 142 Å². The third-order valence-electron chi connectivity index (χ3n) is 3.77. The van der Waals surface area contributed by atoms with Gasteiger partial charge < -0.3 is 4.90 Å². The van der Waals surface area contributed by atoms with Crippen molar-refractivity contribution in [1.29, 1.82) is 0 Å². The minimum Gasteiger partial charge on any atom is -0.339 e. The number of thiophene rings is 1. The maximum atomic E-state index is 14.5. The summed E-state index contributed by atoms with van der Waals surface area (Å²) in [7, 11) is 0. The Balaban J connectivity index is 2.26. The lowest BCUT2D eigenvalue weighted by molar-refractivity contribution is 0.0751. The summed E-state index contributed by atoms with van der Waals surface area (Å²) in [5, 5.41) is 0. The molecule has 2 aromatic rings. The molecule has 2 nitrogen and oxygen atoms in total. The lowest BCUT2D eigenvalue weighted by Crippen LogP contribution is -2.33. The summed E-state index contributed by atoms with van der Waals surface area (Å²) in [5.41, 5.74) is 1.00. The fourth-order valence-corrected chi connectivity index (χ4v) is 3.53. The average Bonchev–Trinajstić information content (AvgIpc) is 3.03. The first-order valence-electron chi connectivity index (χ1n) is 8.28. The SMILES string of the molecule is CCCN(CCC)C(=O)c1ccc(-c2ccc(CC)s2)cc1F. The molecule has 0 aliphatic carbocycles. The van der Waals surface area contributed by atoms with Crippen molar-refractivity contribution in [3.05, 3.63) is 46.6 Å². The Bertz CT molecular complexity index is 659. The van der Waals surface area contributed by atoms with E-state index in [1.807, 2.05) is 26.0 Å². The van der Waals surface area contributed by atoms with Gasteiger partial charge in [0.15, 0.2) is 0 Å². The molecule has 0 fully saturated rings. The van der Waals surface area contributed by atoms with Crippen LogP contribution in [-0.4, -0.2) is 23.9 Å². The lowest BCUT2D eigenvalue weighted by Gasteiger charge is -2.21. The zero-order chi connectivity index (χ0) is 16.8. The smallest absolute Gasteiger partial charge is 0.256 e. The number of rotatable bonds is 7. The number of aryl methyl sites for hydroxylation is 1. The molecule has 4 heteroatoms. The van der Waals surface area contributed by atoms with E-state index in [0.717, 1.165) is 29.7 Å². The van der Waals surface area contributed by atoms with Gasteiger partial charge >= 0.3 is 0 Å². The van der Waals surface area contributed by atoms with Crippen LogP contribution in [0.25, 0.3) is 10.4 Å². The average molecular weight is 333 g/mol. The van der Waals surface area contributed by atoms with Gasteiger partial charge in [0.25, 0.3) is 5.91 Å². The Morgan fingerprint density at radius 1 is 1.09 bits per heavy atom. The van der Waals surface area contributed by atoms with Crippen molar-refractivity contribution in [2.45, 2.75) is 40.0 Å². The molecule has 0 aliphatic heterocycles. The van der Waals surface area contributed by atoms with Gasteiger partial charge in [-0.3, -0.25) is 4.79 Å². The summed E-state index contributed by atoms with van der Waals surface area (Å²) in [6.45, 7) is 7.49. The van der Waals surface area contributed by atoms with E-state index in [9.17, 15) is 9.18 Å². The molecule has 1 aromatic heterocycles. The van der Waals surface area contributed by atoms with Crippen molar-refractivity contribution in [1.82, 2.24) is 4.90 Å². The molecule has 1 heterocycles. The van der Waals surface area contributed by atoms with E-state index in [0.29, 0.717) is 13.1 Å². The molecule has 1 amide bonds. The standard InChI is InChI=1S/C19H24FNOS/c1-4-11-21(12-5-2)19(22)16-9-7-14(13-17(16)20)18-10-8-15(6-3)23-18/h7-10,13H,4-6,11-12H2,1-3H3. The van der Waals surface area contributed by atoms with E-state index in [2.05, 4.69) is 13.0 Å². The van der Waals surface area contributed by atoms with Crippen molar-refractivity contribution in [3.63, 3.8) is 0 Å². The molecule has 0 spiro atoms. The second-order valence-electron chi connectivity index (χ2n) is 5.61. The molecule has 0 saturated carbocycles. The quantitative estimate of drug-likeness (QED) is 0.666.